The van der Waals surface area contributed by atoms with E-state index in [9.17, 15) is 24.0 Å². The number of alkyl halides is 1. The molecule has 5 aromatic rings. The number of pyridine rings is 1. The fourth-order valence-corrected chi connectivity index (χ4v) is 10.9. The first-order valence-corrected chi connectivity index (χ1v) is 23.9. The van der Waals surface area contributed by atoms with Gasteiger partial charge in [-0.3, -0.25) is 29.3 Å². The van der Waals surface area contributed by atoms with E-state index >= 15 is 4.39 Å². The average molecular weight is 914 g/mol. The number of amides is 3. The molecule has 5 fully saturated rings. The molecule has 1 unspecified atom stereocenters. The Labute approximate surface area is 388 Å². The summed E-state index contributed by atoms with van der Waals surface area (Å²) in [6.45, 7) is 7.13. The van der Waals surface area contributed by atoms with Gasteiger partial charge in [-0.05, 0) is 100 Å². The third-order valence-electron chi connectivity index (χ3n) is 15.2. The Hall–Kier alpha value is -6.48. The highest BCUT2D eigenvalue weighted by Gasteiger charge is 2.41. The number of rotatable bonds is 12. The third-order valence-corrected chi connectivity index (χ3v) is 15.2. The summed E-state index contributed by atoms with van der Waals surface area (Å²) in [6, 6.07) is 11.3. The average Bonchev–Trinajstić information content (AvgIpc) is 4.02. The number of carbonyl (C=O) groups excluding carboxylic acids is 3. The molecular weight excluding hydrogens is 857 g/mol. The summed E-state index contributed by atoms with van der Waals surface area (Å²) in [5.74, 6) is 0.128. The van der Waals surface area contributed by atoms with Crippen LogP contribution in [0.4, 0.5) is 26.0 Å². The molecule has 18 heteroatoms. The first-order valence-electron chi connectivity index (χ1n) is 23.9. The number of carbonyl (C=O) groups is 3. The summed E-state index contributed by atoms with van der Waals surface area (Å²) in [6.07, 6.45) is 16.3. The normalized spacial score (nSPS) is 24.5. The number of hydrogen-bond donors (Lipinski definition) is 3. The summed E-state index contributed by atoms with van der Waals surface area (Å²) in [7, 11) is 0. The Morgan fingerprint density at radius 3 is 2.37 bits per heavy atom. The second-order valence-corrected chi connectivity index (χ2v) is 19.1. The summed E-state index contributed by atoms with van der Waals surface area (Å²) < 4.78 is 32.4. The Morgan fingerprint density at radius 1 is 0.910 bits per heavy atom. The van der Waals surface area contributed by atoms with Crippen LogP contribution in [0.15, 0.2) is 61.3 Å². The van der Waals surface area contributed by atoms with Crippen LogP contribution < -0.4 is 25.8 Å². The summed E-state index contributed by atoms with van der Waals surface area (Å²) in [4.78, 5) is 53.8. The van der Waals surface area contributed by atoms with E-state index in [0.29, 0.717) is 91.6 Å². The van der Waals surface area contributed by atoms with Crippen molar-refractivity contribution in [2.45, 2.75) is 102 Å². The van der Waals surface area contributed by atoms with Gasteiger partial charge in [-0.25, -0.2) is 23.3 Å². The lowest BCUT2D eigenvalue weighted by atomic mass is 9.75. The predicted octanol–water partition coefficient (Wildman–Crippen LogP) is 6.05. The van der Waals surface area contributed by atoms with Gasteiger partial charge in [0.2, 0.25) is 17.7 Å². The lowest BCUT2D eigenvalue weighted by Crippen LogP contribution is -2.51. The zero-order valence-electron chi connectivity index (χ0n) is 37.8. The fraction of sp³-hybridized carbons (Fsp3) is 0.510. The van der Waals surface area contributed by atoms with Crippen molar-refractivity contribution in [2.24, 2.45) is 11.3 Å². The number of nitrogens with zero attached hydrogens (tertiary/aromatic N) is 10. The van der Waals surface area contributed by atoms with Gasteiger partial charge in [0.25, 0.3) is 0 Å². The minimum atomic E-state index is -0.728. The fourth-order valence-electron chi connectivity index (χ4n) is 10.9. The van der Waals surface area contributed by atoms with E-state index in [1.54, 1.807) is 29.0 Å². The molecule has 1 atom stereocenters. The van der Waals surface area contributed by atoms with Crippen molar-refractivity contribution in [1.29, 1.82) is 5.26 Å². The van der Waals surface area contributed by atoms with Crippen LogP contribution in [-0.4, -0.2) is 116 Å². The topological polar surface area (TPSA) is 182 Å². The maximum atomic E-state index is 15.4. The molecule has 10 rings (SSSR count). The van der Waals surface area contributed by atoms with E-state index in [1.807, 2.05) is 24.5 Å². The lowest BCUT2D eigenvalue weighted by Gasteiger charge is -2.42. The molecule has 16 nitrogen and oxygen atoms in total. The van der Waals surface area contributed by atoms with E-state index in [-0.39, 0.29) is 41.9 Å². The number of piperidine rings is 2. The van der Waals surface area contributed by atoms with Gasteiger partial charge in [-0.15, -0.1) is 0 Å². The van der Waals surface area contributed by atoms with Crippen LogP contribution in [0.3, 0.4) is 0 Å². The van der Waals surface area contributed by atoms with Gasteiger partial charge in [0, 0.05) is 87.5 Å². The van der Waals surface area contributed by atoms with Crippen LogP contribution in [0.25, 0.3) is 28.0 Å². The van der Waals surface area contributed by atoms with Crippen LogP contribution in [0.2, 0.25) is 0 Å². The van der Waals surface area contributed by atoms with Crippen LogP contribution >= 0.6 is 0 Å². The molecule has 0 bridgehead atoms. The largest absolute Gasteiger partial charge is 0.374 e. The molecule has 2 aliphatic carbocycles. The smallest absolute Gasteiger partial charge is 0.249 e. The molecule has 3 N–H and O–H groups in total. The van der Waals surface area contributed by atoms with Crippen LogP contribution in [0.1, 0.15) is 89.2 Å². The molecule has 7 heterocycles. The second kappa shape index (κ2) is 18.7. The van der Waals surface area contributed by atoms with Crippen molar-refractivity contribution in [3.8, 4) is 28.6 Å². The highest BCUT2D eigenvalue weighted by Crippen LogP contribution is 2.39. The molecule has 0 spiro atoms. The van der Waals surface area contributed by atoms with E-state index < -0.39 is 17.6 Å². The van der Waals surface area contributed by atoms with Gasteiger partial charge in [-0.2, -0.15) is 15.5 Å². The Bertz CT molecular complexity index is 2670. The Balaban J connectivity index is 0.749. The van der Waals surface area contributed by atoms with Crippen LogP contribution in [-0.2, 0) is 14.4 Å². The van der Waals surface area contributed by atoms with Gasteiger partial charge in [0.05, 0.1) is 47.1 Å². The number of fused-ring (bicyclic) bond motifs is 1. The van der Waals surface area contributed by atoms with Gasteiger partial charge < -0.3 is 20.4 Å². The third kappa shape index (κ3) is 9.05. The van der Waals surface area contributed by atoms with Crippen molar-refractivity contribution >= 4 is 40.4 Å². The summed E-state index contributed by atoms with van der Waals surface area (Å²) in [5.41, 5.74) is 4.55. The number of imide groups is 1. The van der Waals surface area contributed by atoms with Crippen molar-refractivity contribution in [3.63, 3.8) is 0 Å². The zero-order valence-corrected chi connectivity index (χ0v) is 37.8. The first-order chi connectivity index (χ1) is 32.6. The number of halogens is 2. The Kier molecular flexibility index (Phi) is 12.4. The molecule has 3 saturated heterocycles. The van der Waals surface area contributed by atoms with Gasteiger partial charge >= 0.3 is 0 Å². The van der Waals surface area contributed by atoms with Gasteiger partial charge in [-0.1, -0.05) is 6.92 Å². The second-order valence-electron chi connectivity index (χ2n) is 19.1. The predicted molar refractivity (Wildman–Crippen MR) is 248 cm³/mol. The van der Waals surface area contributed by atoms with Crippen molar-refractivity contribution in [3.05, 3.63) is 72.7 Å². The highest BCUT2D eigenvalue weighted by molar-refractivity contribution is 6.01. The number of anilines is 3. The van der Waals surface area contributed by atoms with E-state index in [2.05, 4.69) is 59.6 Å². The van der Waals surface area contributed by atoms with Gasteiger partial charge in [0.15, 0.2) is 0 Å². The molecule has 3 aliphatic heterocycles. The molecule has 4 aromatic heterocycles. The highest BCUT2D eigenvalue weighted by atomic mass is 19.1. The number of nitriles is 1. The number of piperazine rings is 1. The molecule has 5 aliphatic rings. The van der Waals surface area contributed by atoms with Crippen molar-refractivity contribution in [1.82, 2.24) is 44.9 Å². The summed E-state index contributed by atoms with van der Waals surface area (Å²) >= 11 is 0. The summed E-state index contributed by atoms with van der Waals surface area (Å²) in [5, 5.41) is 27.9. The van der Waals surface area contributed by atoms with Gasteiger partial charge in [0.1, 0.15) is 41.0 Å². The number of nitrogens with one attached hydrogen (secondary N) is 3. The van der Waals surface area contributed by atoms with Crippen LogP contribution in [0, 0.1) is 28.5 Å². The molecular formula is C49H57F2N13O3. The van der Waals surface area contributed by atoms with Crippen LogP contribution in [0.5, 0.6) is 0 Å². The van der Waals surface area contributed by atoms with Crippen molar-refractivity contribution in [2.75, 3.05) is 60.9 Å². The SMILES string of the molecule is CCC1(C(=O)NCC2CC(F)C2)CCN(c2ccc(-c3nc(-c4cnn(C5CCC(N6CCN(c7ccc(NC8CCC(=O)NC8=O)cc7F)CC6)CC5)c4)cn4ncc(C#N)c34)cn2)CC1. The molecule has 67 heavy (non-hydrogen) atoms. The molecule has 0 radical (unpaired) electrons. The quantitative estimate of drug-likeness (QED) is 0.124. The maximum absolute atomic E-state index is 15.4. The first kappa shape index (κ1) is 44.4. The monoisotopic (exact) mass is 913 g/mol. The molecule has 3 amide bonds. The number of hydrogen-bond acceptors (Lipinski definition) is 12. The molecule has 2 saturated carbocycles. The van der Waals surface area contributed by atoms with Crippen molar-refractivity contribution < 1.29 is 23.2 Å². The lowest BCUT2D eigenvalue weighted by molar-refractivity contribution is -0.134. The molecule has 350 valence electrons. The minimum Gasteiger partial charge on any atom is -0.374 e. The number of benzene rings is 1. The molecule has 1 aromatic carbocycles. The Morgan fingerprint density at radius 2 is 1.69 bits per heavy atom. The van der Waals surface area contributed by atoms with E-state index in [1.165, 1.54) is 6.07 Å². The van der Waals surface area contributed by atoms with E-state index in [4.69, 9.17) is 15.1 Å². The number of aromatic nitrogens is 6. The minimum absolute atomic E-state index is 0.0785. The van der Waals surface area contributed by atoms with E-state index in [0.717, 1.165) is 75.2 Å². The maximum Gasteiger partial charge on any atom is 0.249 e. The zero-order chi connectivity index (χ0) is 46.2. The standard InChI is InChI=1S/C49H57F2N13O3/c1-2-49(48(67)54-25-31-21-35(50)22-31)13-15-62(16-14-49)43-11-3-32(26-53-43)45-46-33(24-52)27-56-64(46)30-41(58-45)34-28-55-63(29-34)38-7-5-37(6-8-38)60-17-19-61(20-18-60)42-10-4-36(23-39(42)51)57-40-9-12-44(65)59-47(40)66/h3-4,10-11,23,26-31,35,37-38,40,57H,2,5-9,12-22,25H2,1H3,(H,54,67)(H,59,65,66).